The Kier molecular flexibility index (Phi) is 2.74. The van der Waals surface area contributed by atoms with Gasteiger partial charge in [0.1, 0.15) is 18.1 Å². The molecule has 1 aromatic heterocycles. The van der Waals surface area contributed by atoms with Crippen LogP contribution in [0, 0.1) is 0 Å². The van der Waals surface area contributed by atoms with E-state index < -0.39 is 0 Å². The molecule has 0 aliphatic rings. The third kappa shape index (κ3) is 1.96. The average Bonchev–Trinajstić information content (AvgIpc) is 2.67. The zero-order valence-electron chi connectivity index (χ0n) is 8.54. The van der Waals surface area contributed by atoms with Gasteiger partial charge in [0.25, 0.3) is 5.89 Å². The molecule has 6 nitrogen and oxygen atoms in total. The van der Waals surface area contributed by atoms with Crippen LogP contribution in [0.15, 0.2) is 22.7 Å². The summed E-state index contributed by atoms with van der Waals surface area (Å²) < 4.78 is 9.78. The SMILES string of the molecule is COCc1noc(-c2ccc(O)cc2O)n1. The molecular formula is C10H10N2O4. The van der Waals surface area contributed by atoms with Crippen molar-refractivity contribution < 1.29 is 19.5 Å². The number of rotatable bonds is 3. The Morgan fingerprint density at radius 3 is 2.88 bits per heavy atom. The lowest BCUT2D eigenvalue weighted by atomic mass is 10.2. The van der Waals surface area contributed by atoms with Gasteiger partial charge in [-0.15, -0.1) is 0 Å². The summed E-state index contributed by atoms with van der Waals surface area (Å²) in [7, 11) is 1.52. The molecule has 0 spiro atoms. The summed E-state index contributed by atoms with van der Waals surface area (Å²) in [6.45, 7) is 0.238. The number of phenols is 2. The summed E-state index contributed by atoms with van der Waals surface area (Å²) in [6, 6.07) is 4.12. The Balaban J connectivity index is 2.35. The van der Waals surface area contributed by atoms with E-state index in [0.29, 0.717) is 11.4 Å². The van der Waals surface area contributed by atoms with Gasteiger partial charge in [-0.25, -0.2) is 0 Å². The lowest BCUT2D eigenvalue weighted by Gasteiger charge is -1.98. The van der Waals surface area contributed by atoms with Crippen molar-refractivity contribution in [3.8, 4) is 23.0 Å². The summed E-state index contributed by atoms with van der Waals surface area (Å²) in [4.78, 5) is 4.02. The normalized spacial score (nSPS) is 10.6. The van der Waals surface area contributed by atoms with Gasteiger partial charge in [-0.3, -0.25) is 0 Å². The van der Waals surface area contributed by atoms with Crippen LogP contribution >= 0.6 is 0 Å². The minimum Gasteiger partial charge on any atom is -0.508 e. The van der Waals surface area contributed by atoms with Crippen LogP contribution in [0.5, 0.6) is 11.5 Å². The zero-order valence-corrected chi connectivity index (χ0v) is 8.54. The maximum absolute atomic E-state index is 9.56. The molecule has 0 aliphatic heterocycles. The fraction of sp³-hybridized carbons (Fsp3) is 0.200. The van der Waals surface area contributed by atoms with Crippen LogP contribution in [-0.4, -0.2) is 27.5 Å². The lowest BCUT2D eigenvalue weighted by molar-refractivity contribution is 0.174. The van der Waals surface area contributed by atoms with E-state index in [1.165, 1.54) is 25.3 Å². The minimum atomic E-state index is -0.118. The van der Waals surface area contributed by atoms with Crippen molar-refractivity contribution >= 4 is 0 Å². The highest BCUT2D eigenvalue weighted by Crippen LogP contribution is 2.30. The summed E-state index contributed by atoms with van der Waals surface area (Å²) in [5.41, 5.74) is 0.368. The van der Waals surface area contributed by atoms with Crippen LogP contribution in [0.3, 0.4) is 0 Å². The molecule has 0 saturated carbocycles. The van der Waals surface area contributed by atoms with Crippen LogP contribution in [0.4, 0.5) is 0 Å². The fourth-order valence-corrected chi connectivity index (χ4v) is 1.25. The van der Waals surface area contributed by atoms with E-state index in [1.807, 2.05) is 0 Å². The van der Waals surface area contributed by atoms with Crippen LogP contribution in [0.25, 0.3) is 11.5 Å². The van der Waals surface area contributed by atoms with Crippen LogP contribution in [0.2, 0.25) is 0 Å². The van der Waals surface area contributed by atoms with Gasteiger partial charge < -0.3 is 19.5 Å². The quantitative estimate of drug-likeness (QED) is 0.813. The number of aromatic nitrogens is 2. The molecule has 0 radical (unpaired) electrons. The van der Waals surface area contributed by atoms with Crippen LogP contribution < -0.4 is 0 Å². The molecule has 1 heterocycles. The molecule has 0 fully saturated rings. The summed E-state index contributed by atoms with van der Waals surface area (Å²) >= 11 is 0. The third-order valence-electron chi connectivity index (χ3n) is 1.95. The monoisotopic (exact) mass is 222 g/mol. The fourth-order valence-electron chi connectivity index (χ4n) is 1.25. The maximum Gasteiger partial charge on any atom is 0.261 e. The van der Waals surface area contributed by atoms with Crippen molar-refractivity contribution in [1.82, 2.24) is 10.1 Å². The first-order valence-corrected chi connectivity index (χ1v) is 4.54. The standard InChI is InChI=1S/C10H10N2O4/c1-15-5-9-11-10(16-12-9)7-3-2-6(13)4-8(7)14/h2-4,13-14H,5H2,1H3. The molecule has 0 unspecified atom stereocenters. The number of methoxy groups -OCH3 is 1. The Morgan fingerprint density at radius 2 is 2.19 bits per heavy atom. The van der Waals surface area contributed by atoms with E-state index in [9.17, 15) is 5.11 Å². The van der Waals surface area contributed by atoms with Gasteiger partial charge in [-0.05, 0) is 12.1 Å². The molecule has 2 aromatic rings. The second-order valence-electron chi connectivity index (χ2n) is 3.15. The number of aromatic hydroxyl groups is 2. The molecule has 0 bridgehead atoms. The Labute approximate surface area is 91.1 Å². The van der Waals surface area contributed by atoms with E-state index in [1.54, 1.807) is 0 Å². The van der Waals surface area contributed by atoms with Crippen molar-refractivity contribution in [1.29, 1.82) is 0 Å². The molecule has 0 saturated heterocycles. The van der Waals surface area contributed by atoms with Gasteiger partial charge in [0.15, 0.2) is 5.82 Å². The van der Waals surface area contributed by atoms with E-state index in [4.69, 9.17) is 14.4 Å². The maximum atomic E-state index is 9.56. The van der Waals surface area contributed by atoms with E-state index in [2.05, 4.69) is 10.1 Å². The molecule has 1 aromatic carbocycles. The van der Waals surface area contributed by atoms with Gasteiger partial charge in [0, 0.05) is 13.2 Å². The molecule has 16 heavy (non-hydrogen) atoms. The smallest absolute Gasteiger partial charge is 0.261 e. The Morgan fingerprint density at radius 1 is 1.38 bits per heavy atom. The van der Waals surface area contributed by atoms with E-state index in [0.717, 1.165) is 0 Å². The van der Waals surface area contributed by atoms with Crippen molar-refractivity contribution in [2.45, 2.75) is 6.61 Å². The first-order chi connectivity index (χ1) is 7.70. The number of hydrogen-bond acceptors (Lipinski definition) is 6. The van der Waals surface area contributed by atoms with Crippen LogP contribution in [-0.2, 0) is 11.3 Å². The first kappa shape index (κ1) is 10.4. The molecule has 6 heteroatoms. The molecule has 0 atom stereocenters. The molecule has 2 N–H and O–H groups in total. The molecule has 0 amide bonds. The third-order valence-corrected chi connectivity index (χ3v) is 1.95. The lowest BCUT2D eigenvalue weighted by Crippen LogP contribution is -1.89. The number of phenolic OH excluding ortho intramolecular Hbond substituents is 2. The topological polar surface area (TPSA) is 88.6 Å². The van der Waals surface area contributed by atoms with Crippen molar-refractivity contribution in [3.05, 3.63) is 24.0 Å². The van der Waals surface area contributed by atoms with Crippen molar-refractivity contribution in [3.63, 3.8) is 0 Å². The Hall–Kier alpha value is -2.08. The number of nitrogens with zero attached hydrogens (tertiary/aromatic N) is 2. The highest BCUT2D eigenvalue weighted by molar-refractivity contribution is 5.63. The largest absolute Gasteiger partial charge is 0.508 e. The average molecular weight is 222 g/mol. The van der Waals surface area contributed by atoms with Gasteiger partial charge in [0.2, 0.25) is 0 Å². The van der Waals surface area contributed by atoms with Gasteiger partial charge in [-0.2, -0.15) is 4.98 Å². The summed E-state index contributed by atoms with van der Waals surface area (Å²) in [5, 5.41) is 22.4. The number of hydrogen-bond donors (Lipinski definition) is 2. The number of ether oxygens (including phenoxy) is 1. The number of benzene rings is 1. The van der Waals surface area contributed by atoms with Gasteiger partial charge in [0.05, 0.1) is 5.56 Å². The molecule has 0 aliphatic carbocycles. The van der Waals surface area contributed by atoms with Gasteiger partial charge >= 0.3 is 0 Å². The molecular weight excluding hydrogens is 212 g/mol. The predicted molar refractivity (Wildman–Crippen MR) is 53.8 cm³/mol. The van der Waals surface area contributed by atoms with Gasteiger partial charge in [-0.1, -0.05) is 5.16 Å². The molecule has 84 valence electrons. The summed E-state index contributed by atoms with van der Waals surface area (Å²) in [6.07, 6.45) is 0. The Bertz CT molecular complexity index is 495. The van der Waals surface area contributed by atoms with Crippen molar-refractivity contribution in [2.24, 2.45) is 0 Å². The zero-order chi connectivity index (χ0) is 11.5. The summed E-state index contributed by atoms with van der Waals surface area (Å²) in [5.74, 6) is 0.431. The second kappa shape index (κ2) is 4.19. The highest BCUT2D eigenvalue weighted by atomic mass is 16.5. The predicted octanol–water partition coefficient (Wildman–Crippen LogP) is 1.29. The first-order valence-electron chi connectivity index (χ1n) is 4.54. The van der Waals surface area contributed by atoms with Crippen LogP contribution in [0.1, 0.15) is 5.82 Å². The minimum absolute atomic E-state index is 0.0297. The second-order valence-corrected chi connectivity index (χ2v) is 3.15. The van der Waals surface area contributed by atoms with E-state index >= 15 is 0 Å². The highest BCUT2D eigenvalue weighted by Gasteiger charge is 2.12. The van der Waals surface area contributed by atoms with Crippen molar-refractivity contribution in [2.75, 3.05) is 7.11 Å². The molecule has 2 rings (SSSR count). The van der Waals surface area contributed by atoms with E-state index in [-0.39, 0.29) is 24.0 Å².